The van der Waals surface area contributed by atoms with Crippen LogP contribution in [0.4, 0.5) is 17.1 Å². The Bertz CT molecular complexity index is 2780. The molecule has 0 aliphatic heterocycles. The lowest BCUT2D eigenvalue weighted by Crippen LogP contribution is -2.37. The molecule has 0 amide bonds. The van der Waals surface area contributed by atoms with Crippen molar-refractivity contribution in [3.63, 3.8) is 0 Å². The zero-order valence-electron chi connectivity index (χ0n) is 31.3. The molecule has 0 atom stereocenters. The Morgan fingerprint density at radius 1 is 0.491 bits per heavy atom. The van der Waals surface area contributed by atoms with E-state index in [4.69, 9.17) is 4.42 Å². The molecule has 1 heterocycles. The maximum atomic E-state index is 7.10. The fourth-order valence-electron chi connectivity index (χ4n) is 8.93. The molecule has 0 radical (unpaired) electrons. The van der Waals surface area contributed by atoms with E-state index in [-0.39, 0.29) is 0 Å². The molecule has 0 saturated heterocycles. The fraction of sp³-hybridized carbons (Fsp3) is 0.0769. The van der Waals surface area contributed by atoms with Crippen molar-refractivity contribution in [1.29, 1.82) is 0 Å². The largest absolute Gasteiger partial charge is 0.455 e. The summed E-state index contributed by atoms with van der Waals surface area (Å²) in [6.45, 7) is 7.23. The minimum atomic E-state index is -1.54. The SMILES string of the molecule is C[Si](C)(C)c1ccc(N(c2ccc(-c3ccccc3)cc2)c2cc3c(c4oc5ccccc5c24)-c2ccccc2C3(c2ccccc2)c2ccccc2)cc1. The number of rotatable bonds is 7. The Morgan fingerprint density at radius 3 is 1.65 bits per heavy atom. The van der Waals surface area contributed by atoms with E-state index in [2.05, 4.69) is 219 Å². The van der Waals surface area contributed by atoms with Gasteiger partial charge in [0.2, 0.25) is 0 Å². The van der Waals surface area contributed by atoms with Crippen LogP contribution in [0.1, 0.15) is 22.3 Å². The van der Waals surface area contributed by atoms with Crippen molar-refractivity contribution in [2.24, 2.45) is 0 Å². The third kappa shape index (κ3) is 5.22. The van der Waals surface area contributed by atoms with E-state index < -0.39 is 13.5 Å². The van der Waals surface area contributed by atoms with E-state index in [0.29, 0.717) is 0 Å². The maximum Gasteiger partial charge on any atom is 0.145 e. The van der Waals surface area contributed by atoms with Gasteiger partial charge >= 0.3 is 0 Å². The highest BCUT2D eigenvalue weighted by Crippen LogP contribution is 2.60. The lowest BCUT2D eigenvalue weighted by atomic mass is 9.67. The molecule has 1 aliphatic rings. The lowest BCUT2D eigenvalue weighted by molar-refractivity contribution is 0.669. The summed E-state index contributed by atoms with van der Waals surface area (Å²) in [5, 5.41) is 3.66. The summed E-state index contributed by atoms with van der Waals surface area (Å²) >= 11 is 0. The summed E-state index contributed by atoms with van der Waals surface area (Å²) in [7, 11) is -1.54. The van der Waals surface area contributed by atoms with E-state index in [9.17, 15) is 0 Å². The summed E-state index contributed by atoms with van der Waals surface area (Å²) in [4.78, 5) is 2.46. The van der Waals surface area contributed by atoms with Crippen LogP contribution >= 0.6 is 0 Å². The summed E-state index contributed by atoms with van der Waals surface area (Å²) in [5.74, 6) is 0. The molecule has 0 N–H and O–H groups in total. The van der Waals surface area contributed by atoms with Crippen LogP contribution in [0.15, 0.2) is 199 Å². The Kier molecular flexibility index (Phi) is 7.76. The molecule has 1 aromatic heterocycles. The number of benzene rings is 8. The number of fused-ring (bicyclic) bond motifs is 7. The van der Waals surface area contributed by atoms with Crippen LogP contribution < -0.4 is 10.1 Å². The van der Waals surface area contributed by atoms with Crippen LogP contribution in [-0.4, -0.2) is 8.07 Å². The van der Waals surface area contributed by atoms with Gasteiger partial charge in [0.25, 0.3) is 0 Å². The smallest absolute Gasteiger partial charge is 0.145 e. The fourth-order valence-corrected chi connectivity index (χ4v) is 10.1. The second-order valence-electron chi connectivity index (χ2n) is 15.7. The molecule has 0 bridgehead atoms. The Morgan fingerprint density at radius 2 is 1.02 bits per heavy atom. The first-order valence-corrected chi connectivity index (χ1v) is 22.7. The first-order valence-electron chi connectivity index (χ1n) is 19.2. The van der Waals surface area contributed by atoms with Crippen molar-refractivity contribution in [3.8, 4) is 22.3 Å². The van der Waals surface area contributed by atoms with Gasteiger partial charge in [-0.2, -0.15) is 0 Å². The number of anilines is 3. The Balaban J connectivity index is 1.33. The zero-order chi connectivity index (χ0) is 37.1. The molecule has 9 aromatic rings. The van der Waals surface area contributed by atoms with Gasteiger partial charge in [0.05, 0.1) is 24.6 Å². The standard InChI is InChI=1S/C52H41NOSi/c1-55(2,3)42-33-31-41(32-34-42)53(40-29-27-37(28-30-40)36-17-7-4-8-18-36)47-35-46-49(51-50(47)44-24-14-16-26-48(44)54-51)43-23-13-15-25-45(43)52(46,38-19-9-5-10-20-38)39-21-11-6-12-22-39/h4-35H,1-3H3. The first-order chi connectivity index (χ1) is 26.9. The minimum Gasteiger partial charge on any atom is -0.455 e. The number of hydrogen-bond acceptors (Lipinski definition) is 2. The van der Waals surface area contributed by atoms with Crippen molar-refractivity contribution in [3.05, 3.63) is 216 Å². The zero-order valence-corrected chi connectivity index (χ0v) is 32.3. The normalized spacial score (nSPS) is 13.1. The molecule has 55 heavy (non-hydrogen) atoms. The summed E-state index contributed by atoms with van der Waals surface area (Å²) < 4.78 is 7.10. The van der Waals surface area contributed by atoms with E-state index in [0.717, 1.165) is 44.6 Å². The quantitative estimate of drug-likeness (QED) is 0.152. The van der Waals surface area contributed by atoms with Crippen molar-refractivity contribution in [1.82, 2.24) is 0 Å². The Labute approximate surface area is 324 Å². The van der Waals surface area contributed by atoms with E-state index in [1.807, 2.05) is 0 Å². The van der Waals surface area contributed by atoms with E-state index in [1.54, 1.807) is 0 Å². The highest BCUT2D eigenvalue weighted by molar-refractivity contribution is 6.88. The van der Waals surface area contributed by atoms with Crippen molar-refractivity contribution in [2.45, 2.75) is 25.1 Å². The molecular weight excluding hydrogens is 683 g/mol. The van der Waals surface area contributed by atoms with Crippen LogP contribution in [0, 0.1) is 0 Å². The van der Waals surface area contributed by atoms with Crippen LogP contribution in [0.2, 0.25) is 19.6 Å². The third-order valence-corrected chi connectivity index (χ3v) is 13.6. The molecule has 0 saturated carbocycles. The monoisotopic (exact) mass is 723 g/mol. The predicted octanol–water partition coefficient (Wildman–Crippen LogP) is 13.6. The second-order valence-corrected chi connectivity index (χ2v) is 20.8. The van der Waals surface area contributed by atoms with Gasteiger partial charge in [-0.3, -0.25) is 0 Å². The molecule has 1 aliphatic carbocycles. The molecule has 0 fully saturated rings. The van der Waals surface area contributed by atoms with Gasteiger partial charge in [-0.15, -0.1) is 0 Å². The number of para-hydroxylation sites is 1. The van der Waals surface area contributed by atoms with Gasteiger partial charge in [-0.05, 0) is 75.3 Å². The van der Waals surface area contributed by atoms with Gasteiger partial charge in [0.15, 0.2) is 0 Å². The van der Waals surface area contributed by atoms with Crippen LogP contribution in [0.5, 0.6) is 0 Å². The van der Waals surface area contributed by atoms with Gasteiger partial charge in [-0.25, -0.2) is 0 Å². The third-order valence-electron chi connectivity index (χ3n) is 11.5. The predicted molar refractivity (Wildman–Crippen MR) is 234 cm³/mol. The van der Waals surface area contributed by atoms with Crippen molar-refractivity contribution >= 4 is 52.3 Å². The molecule has 0 unspecified atom stereocenters. The topological polar surface area (TPSA) is 16.4 Å². The average molecular weight is 724 g/mol. The van der Waals surface area contributed by atoms with Crippen LogP contribution in [0.25, 0.3) is 44.2 Å². The molecular formula is C52H41NOSi. The molecule has 264 valence electrons. The van der Waals surface area contributed by atoms with Gasteiger partial charge in [0, 0.05) is 22.3 Å². The van der Waals surface area contributed by atoms with Crippen molar-refractivity contribution in [2.75, 3.05) is 4.90 Å². The lowest BCUT2D eigenvalue weighted by Gasteiger charge is -2.35. The first kappa shape index (κ1) is 33.2. The van der Waals surface area contributed by atoms with E-state index >= 15 is 0 Å². The average Bonchev–Trinajstić information content (AvgIpc) is 3.76. The summed E-state index contributed by atoms with van der Waals surface area (Å²) in [6, 6.07) is 71.0. The van der Waals surface area contributed by atoms with Gasteiger partial charge < -0.3 is 9.32 Å². The number of hydrogen-bond donors (Lipinski definition) is 0. The maximum absolute atomic E-state index is 7.10. The highest BCUT2D eigenvalue weighted by atomic mass is 28.3. The second kappa shape index (κ2) is 12.9. The van der Waals surface area contributed by atoms with Crippen molar-refractivity contribution < 1.29 is 4.42 Å². The van der Waals surface area contributed by atoms with Gasteiger partial charge in [0.1, 0.15) is 11.2 Å². The molecule has 8 aromatic carbocycles. The number of nitrogens with zero attached hydrogens (tertiary/aromatic N) is 1. The minimum absolute atomic E-state index is 0.582. The van der Waals surface area contributed by atoms with Gasteiger partial charge in [-0.1, -0.05) is 183 Å². The van der Waals surface area contributed by atoms with E-state index in [1.165, 1.54) is 44.1 Å². The van der Waals surface area contributed by atoms with Crippen LogP contribution in [0.3, 0.4) is 0 Å². The highest BCUT2D eigenvalue weighted by Gasteiger charge is 2.48. The summed E-state index contributed by atoms with van der Waals surface area (Å²) in [6.07, 6.45) is 0. The van der Waals surface area contributed by atoms with Crippen LogP contribution in [-0.2, 0) is 5.41 Å². The number of furan rings is 1. The summed E-state index contributed by atoms with van der Waals surface area (Å²) in [5.41, 5.74) is 14.2. The molecule has 3 heteroatoms. The molecule has 0 spiro atoms. The Hall–Kier alpha value is -6.42. The molecule has 2 nitrogen and oxygen atoms in total. The molecule has 10 rings (SSSR count).